The molecule has 206 valence electrons. The Bertz CT molecular complexity index is 1810. The standard InChI is InChI=1S/C26H20F3N5O5S/c1-16(35)31-40(38,39)21-7-3-2-6-20(21)34-23-19(24(30-34)26(27,28)29)13-15-33(25(23)37)18-11-9-17(10-12-18)32-14-5-4-8-22(32)36/h2-12,14H,13,15H2,1H3,(H,31,35). The third-order valence-electron chi connectivity index (χ3n) is 6.21. The van der Waals surface area contributed by atoms with Gasteiger partial charge in [-0.15, -0.1) is 0 Å². The second kappa shape index (κ2) is 9.79. The van der Waals surface area contributed by atoms with Crippen molar-refractivity contribution < 1.29 is 31.2 Å². The molecule has 2 aromatic heterocycles. The Labute approximate surface area is 225 Å². The molecule has 0 atom stereocenters. The van der Waals surface area contributed by atoms with Gasteiger partial charge in [-0.1, -0.05) is 18.2 Å². The van der Waals surface area contributed by atoms with Crippen molar-refractivity contribution in [2.45, 2.75) is 24.4 Å². The third-order valence-corrected chi connectivity index (χ3v) is 7.69. The van der Waals surface area contributed by atoms with Gasteiger partial charge in [0.15, 0.2) is 5.69 Å². The summed E-state index contributed by atoms with van der Waals surface area (Å²) >= 11 is 0. The number of sulfonamides is 1. The Balaban J connectivity index is 1.62. The number of amides is 2. The number of carbonyl (C=O) groups is 2. The molecule has 0 saturated heterocycles. The maximum absolute atomic E-state index is 14.0. The molecule has 2 amide bonds. The van der Waals surface area contributed by atoms with Gasteiger partial charge in [0, 0.05) is 42.7 Å². The molecule has 5 rings (SSSR count). The van der Waals surface area contributed by atoms with Crippen LogP contribution in [-0.2, 0) is 27.4 Å². The van der Waals surface area contributed by atoms with E-state index < -0.39 is 44.3 Å². The molecule has 10 nitrogen and oxygen atoms in total. The lowest BCUT2D eigenvalue weighted by atomic mass is 10.0. The highest BCUT2D eigenvalue weighted by atomic mass is 32.2. The number of anilines is 1. The highest BCUT2D eigenvalue weighted by Gasteiger charge is 2.44. The zero-order chi connectivity index (χ0) is 28.8. The van der Waals surface area contributed by atoms with Crippen LogP contribution in [-0.4, -0.2) is 41.1 Å². The molecular weight excluding hydrogens is 551 g/mol. The number of alkyl halides is 3. The Morgan fingerprint density at radius 3 is 2.25 bits per heavy atom. The van der Waals surface area contributed by atoms with Gasteiger partial charge in [0.1, 0.15) is 10.6 Å². The summed E-state index contributed by atoms with van der Waals surface area (Å²) < 4.78 is 71.5. The average molecular weight is 572 g/mol. The number of nitrogens with zero attached hydrogens (tertiary/aromatic N) is 4. The van der Waals surface area contributed by atoms with Crippen molar-refractivity contribution in [1.82, 2.24) is 19.1 Å². The van der Waals surface area contributed by atoms with Gasteiger partial charge >= 0.3 is 6.18 Å². The Hall–Kier alpha value is -4.72. The number of fused-ring (bicyclic) bond motifs is 1. The van der Waals surface area contributed by atoms with Crippen LogP contribution >= 0.6 is 0 Å². The van der Waals surface area contributed by atoms with Crippen molar-refractivity contribution in [3.05, 3.63) is 100 Å². The van der Waals surface area contributed by atoms with Gasteiger partial charge in [-0.2, -0.15) is 18.3 Å². The van der Waals surface area contributed by atoms with E-state index in [0.29, 0.717) is 16.1 Å². The highest BCUT2D eigenvalue weighted by molar-refractivity contribution is 7.90. The van der Waals surface area contributed by atoms with E-state index in [9.17, 15) is 36.0 Å². The van der Waals surface area contributed by atoms with Gasteiger partial charge < -0.3 is 4.90 Å². The van der Waals surface area contributed by atoms with Crippen molar-refractivity contribution in [2.75, 3.05) is 11.4 Å². The second-order valence-corrected chi connectivity index (χ2v) is 10.5. The molecule has 40 heavy (non-hydrogen) atoms. The fraction of sp³-hybridized carbons (Fsp3) is 0.154. The predicted octanol–water partition coefficient (Wildman–Crippen LogP) is 3.07. The minimum Gasteiger partial charge on any atom is -0.307 e. The summed E-state index contributed by atoms with van der Waals surface area (Å²) in [4.78, 5) is 38.1. The number of benzene rings is 2. The van der Waals surface area contributed by atoms with Gasteiger partial charge in [0.2, 0.25) is 5.91 Å². The average Bonchev–Trinajstić information content (AvgIpc) is 3.30. The first-order valence-corrected chi connectivity index (χ1v) is 13.3. The van der Waals surface area contributed by atoms with Crippen LogP contribution in [0.4, 0.5) is 18.9 Å². The largest absolute Gasteiger partial charge is 0.435 e. The molecule has 0 unspecified atom stereocenters. The van der Waals surface area contributed by atoms with E-state index in [-0.39, 0.29) is 29.8 Å². The van der Waals surface area contributed by atoms with Crippen molar-refractivity contribution in [1.29, 1.82) is 0 Å². The number of halogens is 3. The minimum absolute atomic E-state index is 0.100. The van der Waals surface area contributed by atoms with E-state index >= 15 is 0 Å². The third kappa shape index (κ3) is 4.77. The molecule has 1 N–H and O–H groups in total. The van der Waals surface area contributed by atoms with E-state index in [1.807, 2.05) is 0 Å². The summed E-state index contributed by atoms with van der Waals surface area (Å²) in [6.07, 6.45) is -3.57. The molecule has 0 bridgehead atoms. The van der Waals surface area contributed by atoms with E-state index in [1.165, 1.54) is 33.7 Å². The van der Waals surface area contributed by atoms with E-state index in [2.05, 4.69) is 5.10 Å². The van der Waals surface area contributed by atoms with Gasteiger partial charge in [-0.3, -0.25) is 19.0 Å². The highest BCUT2D eigenvalue weighted by Crippen LogP contribution is 2.38. The first kappa shape index (κ1) is 26.9. The molecular formula is C26H20F3N5O5S. The van der Waals surface area contributed by atoms with Crippen LogP contribution in [0.1, 0.15) is 28.7 Å². The number of para-hydroxylation sites is 1. The molecule has 1 aliphatic rings. The number of nitrogens with one attached hydrogen (secondary N) is 1. The molecule has 0 radical (unpaired) electrons. The number of rotatable bonds is 5. The first-order chi connectivity index (χ1) is 18.9. The lowest BCUT2D eigenvalue weighted by Gasteiger charge is -2.28. The van der Waals surface area contributed by atoms with Crippen molar-refractivity contribution >= 4 is 27.5 Å². The van der Waals surface area contributed by atoms with Crippen molar-refractivity contribution in [3.8, 4) is 11.4 Å². The van der Waals surface area contributed by atoms with Gasteiger partial charge in [0.25, 0.3) is 21.5 Å². The second-order valence-electron chi connectivity index (χ2n) is 8.85. The monoisotopic (exact) mass is 571 g/mol. The number of pyridine rings is 1. The lowest BCUT2D eigenvalue weighted by molar-refractivity contribution is -0.142. The number of hydrogen-bond donors (Lipinski definition) is 1. The maximum atomic E-state index is 14.0. The smallest absolute Gasteiger partial charge is 0.307 e. The van der Waals surface area contributed by atoms with Crippen LogP contribution in [0.5, 0.6) is 0 Å². The van der Waals surface area contributed by atoms with E-state index in [0.717, 1.165) is 13.0 Å². The van der Waals surface area contributed by atoms with Gasteiger partial charge in [0.05, 0.1) is 5.69 Å². The predicted molar refractivity (Wildman–Crippen MR) is 137 cm³/mol. The SMILES string of the molecule is CC(=O)NS(=O)(=O)c1ccccc1-n1nc(C(F)(F)F)c2c1C(=O)N(c1ccc(-n3ccccc3=O)cc1)CC2. The normalized spacial score (nSPS) is 13.7. The molecule has 1 aliphatic heterocycles. The van der Waals surface area contributed by atoms with Crippen LogP contribution in [0.25, 0.3) is 11.4 Å². The maximum Gasteiger partial charge on any atom is 0.435 e. The number of hydrogen-bond acceptors (Lipinski definition) is 6. The molecule has 2 aromatic carbocycles. The molecule has 4 aromatic rings. The zero-order valence-electron chi connectivity index (χ0n) is 20.7. The summed E-state index contributed by atoms with van der Waals surface area (Å²) in [6, 6.07) is 15.9. The van der Waals surface area contributed by atoms with E-state index in [4.69, 9.17) is 0 Å². The lowest BCUT2D eigenvalue weighted by Crippen LogP contribution is -2.39. The van der Waals surface area contributed by atoms with Crippen molar-refractivity contribution in [3.63, 3.8) is 0 Å². The summed E-state index contributed by atoms with van der Waals surface area (Å²) in [5.41, 5.74) is -1.87. The summed E-state index contributed by atoms with van der Waals surface area (Å²) in [6.45, 7) is 0.871. The van der Waals surface area contributed by atoms with Crippen LogP contribution in [0.15, 0.2) is 82.6 Å². The molecule has 14 heteroatoms. The van der Waals surface area contributed by atoms with E-state index in [1.54, 1.807) is 47.3 Å². The minimum atomic E-state index is -4.92. The Kier molecular flexibility index (Phi) is 6.58. The topological polar surface area (TPSA) is 123 Å². The van der Waals surface area contributed by atoms with Crippen LogP contribution in [0, 0.1) is 0 Å². The molecule has 0 spiro atoms. The Morgan fingerprint density at radius 2 is 1.60 bits per heavy atom. The summed E-state index contributed by atoms with van der Waals surface area (Å²) in [5, 5.41) is 3.66. The quantitative estimate of drug-likeness (QED) is 0.393. The number of aromatic nitrogens is 3. The first-order valence-electron chi connectivity index (χ1n) is 11.8. The fourth-order valence-electron chi connectivity index (χ4n) is 4.55. The zero-order valence-corrected chi connectivity index (χ0v) is 21.5. The number of carbonyl (C=O) groups excluding carboxylic acids is 2. The fourth-order valence-corrected chi connectivity index (χ4v) is 5.72. The van der Waals surface area contributed by atoms with Crippen LogP contribution in [0.2, 0.25) is 0 Å². The molecule has 0 saturated carbocycles. The van der Waals surface area contributed by atoms with Gasteiger partial charge in [-0.05, 0) is 48.9 Å². The van der Waals surface area contributed by atoms with Crippen LogP contribution in [0.3, 0.4) is 0 Å². The summed E-state index contributed by atoms with van der Waals surface area (Å²) in [7, 11) is -4.50. The van der Waals surface area contributed by atoms with Crippen LogP contribution < -0.4 is 15.2 Å². The van der Waals surface area contributed by atoms with Crippen molar-refractivity contribution in [2.24, 2.45) is 0 Å². The molecule has 3 heterocycles. The molecule has 0 fully saturated rings. The molecule has 0 aliphatic carbocycles. The Morgan fingerprint density at radius 1 is 0.950 bits per heavy atom. The summed E-state index contributed by atoms with van der Waals surface area (Å²) in [5.74, 6) is -1.74. The van der Waals surface area contributed by atoms with Gasteiger partial charge in [-0.25, -0.2) is 17.8 Å².